The highest BCUT2D eigenvalue weighted by atomic mass is 127. The summed E-state index contributed by atoms with van der Waals surface area (Å²) in [5.41, 5.74) is 5.95. The van der Waals surface area contributed by atoms with Gasteiger partial charge in [-0.2, -0.15) is 0 Å². The van der Waals surface area contributed by atoms with E-state index in [0.29, 0.717) is 5.96 Å². The predicted molar refractivity (Wildman–Crippen MR) is 91.3 cm³/mol. The summed E-state index contributed by atoms with van der Waals surface area (Å²) < 4.78 is 5.29. The molecule has 0 aliphatic carbocycles. The van der Waals surface area contributed by atoms with E-state index in [0.717, 1.165) is 52.4 Å². The van der Waals surface area contributed by atoms with Crippen molar-refractivity contribution in [3.05, 3.63) is 0 Å². The summed E-state index contributed by atoms with van der Waals surface area (Å²) >= 11 is 0. The van der Waals surface area contributed by atoms with Gasteiger partial charge in [0, 0.05) is 19.6 Å². The Hall–Kier alpha value is -0.0800. The van der Waals surface area contributed by atoms with Gasteiger partial charge in [-0.1, -0.05) is 13.8 Å². The lowest BCUT2D eigenvalue weighted by molar-refractivity contribution is 0.0674. The molecule has 0 radical (unpaired) electrons. The van der Waals surface area contributed by atoms with E-state index in [4.69, 9.17) is 10.5 Å². The van der Waals surface area contributed by atoms with E-state index in [1.165, 1.54) is 13.0 Å². The SMILES string of the molecule is CCN(CC)CCCCN=C(N)N1CCOCC1.I. The number of rotatable bonds is 7. The average Bonchev–Trinajstić information content (AvgIpc) is 2.43. The standard InChI is InChI=1S/C13H28N4O.HI/c1-3-16(4-2)8-6-5-7-15-13(14)17-9-11-18-12-10-17;/h3-12H2,1-2H3,(H2,14,15);1H. The summed E-state index contributed by atoms with van der Waals surface area (Å²) in [5.74, 6) is 0.682. The maximum absolute atomic E-state index is 5.95. The van der Waals surface area contributed by atoms with Gasteiger partial charge < -0.3 is 20.3 Å². The molecule has 0 spiro atoms. The minimum Gasteiger partial charge on any atom is -0.378 e. The van der Waals surface area contributed by atoms with Crippen LogP contribution in [0.1, 0.15) is 26.7 Å². The van der Waals surface area contributed by atoms with Crippen LogP contribution in [0.3, 0.4) is 0 Å². The van der Waals surface area contributed by atoms with E-state index in [9.17, 15) is 0 Å². The first-order valence-electron chi connectivity index (χ1n) is 7.12. The Bertz CT molecular complexity index is 241. The van der Waals surface area contributed by atoms with Crippen LogP contribution in [0.15, 0.2) is 4.99 Å². The summed E-state index contributed by atoms with van der Waals surface area (Å²) in [6.45, 7) is 12.0. The van der Waals surface area contributed by atoms with Gasteiger partial charge in [-0.25, -0.2) is 0 Å². The molecule has 1 rings (SSSR count). The first-order chi connectivity index (χ1) is 8.77. The van der Waals surface area contributed by atoms with E-state index in [1.54, 1.807) is 0 Å². The number of ether oxygens (including phenoxy) is 1. The summed E-state index contributed by atoms with van der Waals surface area (Å²) in [4.78, 5) is 8.99. The van der Waals surface area contributed by atoms with Gasteiger partial charge in [-0.15, -0.1) is 24.0 Å². The van der Waals surface area contributed by atoms with E-state index < -0.39 is 0 Å². The zero-order chi connectivity index (χ0) is 13.2. The Labute approximate surface area is 134 Å². The fourth-order valence-electron chi connectivity index (χ4n) is 2.07. The minimum absolute atomic E-state index is 0. The van der Waals surface area contributed by atoms with Crippen LogP contribution in [0.2, 0.25) is 0 Å². The van der Waals surface area contributed by atoms with E-state index >= 15 is 0 Å². The molecule has 0 aromatic carbocycles. The number of nitrogens with two attached hydrogens (primary N) is 1. The van der Waals surface area contributed by atoms with Crippen molar-refractivity contribution in [3.8, 4) is 0 Å². The molecule has 0 saturated carbocycles. The predicted octanol–water partition coefficient (Wildman–Crippen LogP) is 1.37. The number of hydrogen-bond donors (Lipinski definition) is 1. The smallest absolute Gasteiger partial charge is 0.191 e. The van der Waals surface area contributed by atoms with Crippen LogP contribution in [0.25, 0.3) is 0 Å². The molecule has 1 aliphatic heterocycles. The Balaban J connectivity index is 0.00000324. The summed E-state index contributed by atoms with van der Waals surface area (Å²) in [5, 5.41) is 0. The molecule has 114 valence electrons. The van der Waals surface area contributed by atoms with Gasteiger partial charge in [0.15, 0.2) is 5.96 Å². The van der Waals surface area contributed by atoms with Gasteiger partial charge in [0.1, 0.15) is 0 Å². The van der Waals surface area contributed by atoms with Crippen LogP contribution in [0, 0.1) is 0 Å². The molecule has 0 aromatic rings. The highest BCUT2D eigenvalue weighted by Gasteiger charge is 2.11. The molecule has 5 nitrogen and oxygen atoms in total. The molecule has 0 amide bonds. The first-order valence-corrected chi connectivity index (χ1v) is 7.12. The molecule has 1 fully saturated rings. The quantitative estimate of drug-likeness (QED) is 0.312. The van der Waals surface area contributed by atoms with Crippen molar-refractivity contribution in [1.82, 2.24) is 9.80 Å². The summed E-state index contributed by atoms with van der Waals surface area (Å²) in [6.07, 6.45) is 2.31. The van der Waals surface area contributed by atoms with Crippen LogP contribution >= 0.6 is 24.0 Å². The molecule has 2 N–H and O–H groups in total. The number of unbranched alkanes of at least 4 members (excludes halogenated alkanes) is 1. The number of hydrogen-bond acceptors (Lipinski definition) is 3. The van der Waals surface area contributed by atoms with Crippen molar-refractivity contribution in [1.29, 1.82) is 0 Å². The van der Waals surface area contributed by atoms with Crippen LogP contribution in [-0.2, 0) is 4.74 Å². The van der Waals surface area contributed by atoms with Gasteiger partial charge >= 0.3 is 0 Å². The molecule has 1 saturated heterocycles. The van der Waals surface area contributed by atoms with Crippen molar-refractivity contribution < 1.29 is 4.74 Å². The third-order valence-electron chi connectivity index (χ3n) is 3.39. The van der Waals surface area contributed by atoms with Crippen molar-refractivity contribution in [2.75, 3.05) is 52.5 Å². The third kappa shape index (κ3) is 7.94. The highest BCUT2D eigenvalue weighted by Crippen LogP contribution is 1.98. The Morgan fingerprint density at radius 2 is 1.84 bits per heavy atom. The molecule has 0 bridgehead atoms. The Morgan fingerprint density at radius 3 is 2.42 bits per heavy atom. The molecule has 0 atom stereocenters. The monoisotopic (exact) mass is 384 g/mol. The third-order valence-corrected chi connectivity index (χ3v) is 3.39. The average molecular weight is 384 g/mol. The van der Waals surface area contributed by atoms with E-state index in [2.05, 4.69) is 28.6 Å². The lowest BCUT2D eigenvalue weighted by Crippen LogP contribution is -2.44. The van der Waals surface area contributed by atoms with Crippen LogP contribution in [-0.4, -0.2) is 68.2 Å². The van der Waals surface area contributed by atoms with Gasteiger partial charge in [0.05, 0.1) is 13.2 Å². The van der Waals surface area contributed by atoms with Gasteiger partial charge in [0.2, 0.25) is 0 Å². The summed E-state index contributed by atoms with van der Waals surface area (Å²) in [7, 11) is 0. The molecule has 19 heavy (non-hydrogen) atoms. The topological polar surface area (TPSA) is 54.1 Å². The second kappa shape index (κ2) is 11.7. The Morgan fingerprint density at radius 1 is 1.21 bits per heavy atom. The van der Waals surface area contributed by atoms with Crippen LogP contribution in [0.5, 0.6) is 0 Å². The number of aliphatic imine (C=N–C) groups is 1. The molecule has 0 aromatic heterocycles. The molecule has 6 heteroatoms. The zero-order valence-corrected chi connectivity index (χ0v) is 14.6. The second-order valence-electron chi connectivity index (χ2n) is 4.57. The second-order valence-corrected chi connectivity index (χ2v) is 4.57. The molecular weight excluding hydrogens is 355 g/mol. The fourth-order valence-corrected chi connectivity index (χ4v) is 2.07. The summed E-state index contributed by atoms with van der Waals surface area (Å²) in [6, 6.07) is 0. The first kappa shape index (κ1) is 18.9. The van der Waals surface area contributed by atoms with Crippen molar-refractivity contribution in [2.24, 2.45) is 10.7 Å². The van der Waals surface area contributed by atoms with Gasteiger partial charge in [0.25, 0.3) is 0 Å². The van der Waals surface area contributed by atoms with Crippen molar-refractivity contribution >= 4 is 29.9 Å². The maximum Gasteiger partial charge on any atom is 0.191 e. The highest BCUT2D eigenvalue weighted by molar-refractivity contribution is 14.0. The number of morpholine rings is 1. The molecular formula is C13H29IN4O. The van der Waals surface area contributed by atoms with E-state index in [1.807, 2.05) is 0 Å². The molecule has 1 aliphatic rings. The zero-order valence-electron chi connectivity index (χ0n) is 12.3. The van der Waals surface area contributed by atoms with Crippen LogP contribution in [0.4, 0.5) is 0 Å². The molecule has 1 heterocycles. The number of halogens is 1. The van der Waals surface area contributed by atoms with Crippen molar-refractivity contribution in [3.63, 3.8) is 0 Å². The van der Waals surface area contributed by atoms with E-state index in [-0.39, 0.29) is 24.0 Å². The Kier molecular flexibility index (Phi) is 11.7. The fraction of sp³-hybridized carbons (Fsp3) is 0.923. The van der Waals surface area contributed by atoms with Crippen molar-refractivity contribution in [2.45, 2.75) is 26.7 Å². The normalized spacial score (nSPS) is 16.6. The van der Waals surface area contributed by atoms with Crippen LogP contribution < -0.4 is 5.73 Å². The van der Waals surface area contributed by atoms with Gasteiger partial charge in [-0.05, 0) is 32.5 Å². The maximum atomic E-state index is 5.95. The molecule has 0 unspecified atom stereocenters. The van der Waals surface area contributed by atoms with Gasteiger partial charge in [-0.3, -0.25) is 4.99 Å². The number of guanidine groups is 1. The lowest BCUT2D eigenvalue weighted by atomic mass is 10.3. The lowest BCUT2D eigenvalue weighted by Gasteiger charge is -2.27. The number of nitrogens with zero attached hydrogens (tertiary/aromatic N) is 3. The minimum atomic E-state index is 0. The largest absolute Gasteiger partial charge is 0.378 e.